The molecule has 3 aliphatic rings. The van der Waals surface area contributed by atoms with Gasteiger partial charge in [0.2, 0.25) is 5.91 Å². The number of likely N-dealkylation sites (tertiary alicyclic amines) is 1. The Hall–Kier alpha value is -3.59. The molecule has 3 fully saturated rings. The van der Waals surface area contributed by atoms with Gasteiger partial charge in [0, 0.05) is 37.8 Å². The molecule has 9 heteroatoms. The van der Waals surface area contributed by atoms with Gasteiger partial charge in [-0.15, -0.1) is 6.58 Å². The van der Waals surface area contributed by atoms with E-state index in [2.05, 4.69) is 40.6 Å². The van der Waals surface area contributed by atoms with Gasteiger partial charge in [-0.1, -0.05) is 31.6 Å². The van der Waals surface area contributed by atoms with Crippen LogP contribution in [0.25, 0.3) is 0 Å². The number of methoxy groups -OCH3 is 1. The number of nitrogens with zero attached hydrogens (tertiary/aromatic N) is 4. The van der Waals surface area contributed by atoms with E-state index < -0.39 is 0 Å². The molecule has 1 aromatic rings. The molecule has 0 radical (unpaired) electrons. The topological polar surface area (TPSA) is 89.5 Å². The maximum Gasteiger partial charge on any atom is 0.251 e. The minimum Gasteiger partial charge on any atom is -0.495 e. The molecule has 2 heterocycles. The van der Waals surface area contributed by atoms with Gasteiger partial charge < -0.3 is 30.1 Å². The van der Waals surface area contributed by atoms with Gasteiger partial charge in [-0.05, 0) is 64.4 Å². The van der Waals surface area contributed by atoms with Crippen LogP contribution in [0.1, 0.15) is 55.8 Å². The molecule has 0 bridgehead atoms. The second-order valence-corrected chi connectivity index (χ2v) is 11.0. The number of anilines is 1. The fourth-order valence-electron chi connectivity index (χ4n) is 6.02. The highest BCUT2D eigenvalue weighted by Gasteiger charge is 2.37. The van der Waals surface area contributed by atoms with Crippen LogP contribution >= 0.6 is 0 Å². The number of nitrogens with one attached hydrogen (secondary N) is 2. The second-order valence-electron chi connectivity index (χ2n) is 11.0. The molecule has 9 nitrogen and oxygen atoms in total. The summed E-state index contributed by atoms with van der Waals surface area (Å²) in [6.07, 6.45) is 9.81. The molecule has 2 atom stereocenters. The first-order chi connectivity index (χ1) is 19.2. The van der Waals surface area contributed by atoms with Crippen molar-refractivity contribution in [2.75, 3.05) is 46.2 Å². The molecule has 2 N–H and O–H groups in total. The van der Waals surface area contributed by atoms with Crippen LogP contribution in [0.4, 0.5) is 5.69 Å². The Morgan fingerprint density at radius 3 is 2.58 bits per heavy atom. The molecule has 0 spiro atoms. The second kappa shape index (κ2) is 13.2. The smallest absolute Gasteiger partial charge is 0.251 e. The number of carbonyl (C=O) groups excluding carboxylic acids is 2. The molecule has 4 rings (SSSR count). The number of benzene rings is 1. The average Bonchev–Trinajstić information content (AvgIpc) is 3.60. The molecule has 0 aromatic heterocycles. The molecule has 2 unspecified atom stereocenters. The Morgan fingerprint density at radius 1 is 1.20 bits per heavy atom. The minimum atomic E-state index is -0.185. The molecule has 216 valence electrons. The quantitative estimate of drug-likeness (QED) is 0.449. The summed E-state index contributed by atoms with van der Waals surface area (Å²) in [7, 11) is 5.45. The van der Waals surface area contributed by atoms with E-state index in [9.17, 15) is 9.59 Å². The lowest BCUT2D eigenvalue weighted by Gasteiger charge is -2.32. The first-order valence-corrected chi connectivity index (χ1v) is 14.3. The fourth-order valence-corrected chi connectivity index (χ4v) is 6.02. The van der Waals surface area contributed by atoms with Crippen molar-refractivity contribution in [2.45, 2.75) is 57.5 Å². The number of hydrogen-bond acceptors (Lipinski definition) is 6. The summed E-state index contributed by atoms with van der Waals surface area (Å²) in [5.74, 6) is 1.45. The van der Waals surface area contributed by atoms with Crippen LogP contribution in [0.15, 0.2) is 60.0 Å². The molecule has 2 amide bonds. The van der Waals surface area contributed by atoms with Crippen LogP contribution in [0.5, 0.6) is 5.75 Å². The summed E-state index contributed by atoms with van der Waals surface area (Å²) in [5.41, 5.74) is 1.96. The van der Waals surface area contributed by atoms with Gasteiger partial charge in [0.05, 0.1) is 24.4 Å². The van der Waals surface area contributed by atoms with Gasteiger partial charge in [-0.2, -0.15) is 0 Å². The SMILES string of the molecule is C=CCC1CN(C2CCCC2)C(=N/C(=C)Nc2ccc(C(=O)NC3CCN(C)C3)cc2OC)/C(=C\C)N(C)C1=O. The summed E-state index contributed by atoms with van der Waals surface area (Å²) < 4.78 is 5.63. The van der Waals surface area contributed by atoms with Crippen LogP contribution in [0.3, 0.4) is 0 Å². The maximum absolute atomic E-state index is 13.3. The fraction of sp³-hybridized carbons (Fsp3) is 0.516. The normalized spacial score (nSPS) is 24.4. The van der Waals surface area contributed by atoms with E-state index in [0.29, 0.717) is 41.8 Å². The molecular formula is C31H44N6O3. The minimum absolute atomic E-state index is 0.0690. The Labute approximate surface area is 238 Å². The van der Waals surface area contributed by atoms with Crippen molar-refractivity contribution in [2.24, 2.45) is 10.9 Å². The Kier molecular flexibility index (Phi) is 9.68. The van der Waals surface area contributed by atoms with Crippen LogP contribution in [-0.4, -0.2) is 85.3 Å². The van der Waals surface area contributed by atoms with Gasteiger partial charge in [-0.25, -0.2) is 4.99 Å². The third kappa shape index (κ3) is 6.58. The highest BCUT2D eigenvalue weighted by atomic mass is 16.5. The lowest BCUT2D eigenvalue weighted by atomic mass is 10.0. The summed E-state index contributed by atoms with van der Waals surface area (Å²) >= 11 is 0. The summed E-state index contributed by atoms with van der Waals surface area (Å²) in [6, 6.07) is 5.79. The van der Waals surface area contributed by atoms with Crippen molar-refractivity contribution >= 4 is 23.3 Å². The standard InChI is InChI=1S/C31H44N6O3/c1-7-11-23-19-37(25-12-9-10-13-25)29(27(8-2)36(5)31(23)39)33-21(3)32-26-15-14-22(18-28(26)40-6)30(38)34-24-16-17-35(4)20-24/h7-8,14-15,18,23-25,32H,1,3,9-13,16-17,19-20H2,2,4-6H3,(H,34,38)/b27-8+,33-29+. The number of amides is 2. The van der Waals surface area contributed by atoms with Crippen LogP contribution in [0.2, 0.25) is 0 Å². The number of amidine groups is 1. The lowest BCUT2D eigenvalue weighted by molar-refractivity contribution is -0.131. The zero-order valence-electron chi connectivity index (χ0n) is 24.4. The van der Waals surface area contributed by atoms with Gasteiger partial charge in [0.25, 0.3) is 5.91 Å². The zero-order valence-corrected chi connectivity index (χ0v) is 24.4. The predicted octanol–water partition coefficient (Wildman–Crippen LogP) is 4.22. The van der Waals surface area contributed by atoms with Crippen molar-refractivity contribution in [3.8, 4) is 5.75 Å². The van der Waals surface area contributed by atoms with Gasteiger partial charge in [0.1, 0.15) is 11.6 Å². The molecular weight excluding hydrogens is 504 g/mol. The maximum atomic E-state index is 13.3. The summed E-state index contributed by atoms with van der Waals surface area (Å²) in [5, 5.41) is 6.39. The van der Waals surface area contributed by atoms with Gasteiger partial charge in [0.15, 0.2) is 5.84 Å². The van der Waals surface area contributed by atoms with Crippen molar-refractivity contribution in [3.63, 3.8) is 0 Å². The largest absolute Gasteiger partial charge is 0.495 e. The number of rotatable bonds is 9. The number of carbonyl (C=O) groups is 2. The van der Waals surface area contributed by atoms with E-state index in [0.717, 1.165) is 43.9 Å². The van der Waals surface area contributed by atoms with Crippen molar-refractivity contribution in [1.29, 1.82) is 0 Å². The molecule has 1 aromatic carbocycles. The van der Waals surface area contributed by atoms with Crippen LogP contribution < -0.4 is 15.4 Å². The number of hydrogen-bond donors (Lipinski definition) is 2. The summed E-state index contributed by atoms with van der Waals surface area (Å²) in [6.45, 7) is 12.4. The number of likely N-dealkylation sites (N-methyl/N-ethyl adjacent to an activating group) is 2. The first-order valence-electron chi connectivity index (χ1n) is 14.3. The summed E-state index contributed by atoms with van der Waals surface area (Å²) in [4.78, 5) is 37.4. The highest BCUT2D eigenvalue weighted by Crippen LogP contribution is 2.32. The van der Waals surface area contributed by atoms with Gasteiger partial charge in [-0.3, -0.25) is 9.59 Å². The van der Waals surface area contributed by atoms with E-state index in [4.69, 9.17) is 9.73 Å². The van der Waals surface area contributed by atoms with E-state index in [-0.39, 0.29) is 23.8 Å². The number of aliphatic imine (C=N–C) groups is 1. The average molecular weight is 549 g/mol. The van der Waals surface area contributed by atoms with E-state index >= 15 is 0 Å². The van der Waals surface area contributed by atoms with Gasteiger partial charge >= 0.3 is 0 Å². The van der Waals surface area contributed by atoms with E-state index in [1.54, 1.807) is 24.1 Å². The highest BCUT2D eigenvalue weighted by molar-refractivity contribution is 6.04. The Balaban J connectivity index is 1.58. The van der Waals surface area contributed by atoms with Crippen molar-refractivity contribution in [1.82, 2.24) is 20.0 Å². The molecule has 1 saturated carbocycles. The first kappa shape index (κ1) is 29.4. The molecule has 1 aliphatic carbocycles. The predicted molar refractivity (Wildman–Crippen MR) is 160 cm³/mol. The molecule has 2 saturated heterocycles. The lowest BCUT2D eigenvalue weighted by Crippen LogP contribution is -2.42. The van der Waals surface area contributed by atoms with Crippen LogP contribution in [-0.2, 0) is 4.79 Å². The third-order valence-corrected chi connectivity index (χ3v) is 8.16. The number of allylic oxidation sites excluding steroid dienone is 2. The Bertz CT molecular complexity index is 1190. The Morgan fingerprint density at radius 2 is 1.95 bits per heavy atom. The van der Waals surface area contributed by atoms with E-state index in [1.165, 1.54) is 12.8 Å². The monoisotopic (exact) mass is 548 g/mol. The zero-order chi connectivity index (χ0) is 28.8. The molecule has 2 aliphatic heterocycles. The number of ether oxygens (including phenoxy) is 1. The van der Waals surface area contributed by atoms with Crippen molar-refractivity contribution in [3.05, 3.63) is 60.6 Å². The van der Waals surface area contributed by atoms with E-state index in [1.807, 2.05) is 32.2 Å². The molecule has 40 heavy (non-hydrogen) atoms. The van der Waals surface area contributed by atoms with Crippen LogP contribution in [0, 0.1) is 5.92 Å². The third-order valence-electron chi connectivity index (χ3n) is 8.16. The van der Waals surface area contributed by atoms with Crippen molar-refractivity contribution < 1.29 is 14.3 Å².